The number of para-hydroxylation sites is 2. The van der Waals surface area contributed by atoms with Gasteiger partial charge in [0.1, 0.15) is 24.7 Å². The van der Waals surface area contributed by atoms with E-state index in [4.69, 9.17) is 14.2 Å². The van der Waals surface area contributed by atoms with Gasteiger partial charge in [-0.3, -0.25) is 9.59 Å². The maximum Gasteiger partial charge on any atom is 0.163 e. The Morgan fingerprint density at radius 1 is 0.680 bits per heavy atom. The summed E-state index contributed by atoms with van der Waals surface area (Å²) in [7, 11) is 0. The van der Waals surface area contributed by atoms with Gasteiger partial charge in [-0.1, -0.05) is 24.3 Å². The molecule has 0 atom stereocenters. The van der Waals surface area contributed by atoms with E-state index in [-0.39, 0.29) is 11.6 Å². The minimum absolute atomic E-state index is 0.0333. The van der Waals surface area contributed by atoms with Crippen molar-refractivity contribution in [3.8, 4) is 11.5 Å². The Morgan fingerprint density at radius 2 is 1.08 bits per heavy atom. The zero-order chi connectivity index (χ0) is 18.1. The first-order valence-corrected chi connectivity index (χ1v) is 8.13. The van der Waals surface area contributed by atoms with E-state index in [2.05, 4.69) is 0 Å². The van der Waals surface area contributed by atoms with Gasteiger partial charge < -0.3 is 14.2 Å². The molecule has 5 heteroatoms. The van der Waals surface area contributed by atoms with Gasteiger partial charge in [-0.15, -0.1) is 0 Å². The third-order valence-corrected chi connectivity index (χ3v) is 3.50. The van der Waals surface area contributed by atoms with E-state index in [1.807, 2.05) is 12.1 Å². The van der Waals surface area contributed by atoms with Crippen molar-refractivity contribution in [2.75, 3.05) is 26.4 Å². The summed E-state index contributed by atoms with van der Waals surface area (Å²) < 4.78 is 16.6. The maximum absolute atomic E-state index is 11.5. The average molecular weight is 342 g/mol. The lowest BCUT2D eigenvalue weighted by Crippen LogP contribution is -2.13. The molecule has 0 heterocycles. The third-order valence-electron chi connectivity index (χ3n) is 3.50. The lowest BCUT2D eigenvalue weighted by molar-refractivity contribution is 0.0753. The first-order chi connectivity index (χ1) is 12.1. The van der Waals surface area contributed by atoms with Crippen molar-refractivity contribution >= 4 is 11.6 Å². The van der Waals surface area contributed by atoms with Crippen molar-refractivity contribution < 1.29 is 23.8 Å². The smallest absolute Gasteiger partial charge is 0.163 e. The number of carbonyl (C=O) groups is 2. The predicted molar refractivity (Wildman–Crippen MR) is 94.7 cm³/mol. The normalized spacial score (nSPS) is 10.3. The second kappa shape index (κ2) is 9.59. The molecule has 0 aromatic heterocycles. The van der Waals surface area contributed by atoms with Gasteiger partial charge in [-0.2, -0.15) is 0 Å². The molecule has 5 nitrogen and oxygen atoms in total. The Hall–Kier alpha value is -2.66. The quantitative estimate of drug-likeness (QED) is 0.488. The van der Waals surface area contributed by atoms with Crippen molar-refractivity contribution in [2.24, 2.45) is 0 Å². The highest BCUT2D eigenvalue weighted by atomic mass is 16.5. The fourth-order valence-corrected chi connectivity index (χ4v) is 2.29. The van der Waals surface area contributed by atoms with E-state index in [0.29, 0.717) is 49.1 Å². The summed E-state index contributed by atoms with van der Waals surface area (Å²) in [6, 6.07) is 14.2. The van der Waals surface area contributed by atoms with Crippen LogP contribution in [-0.2, 0) is 4.74 Å². The molecule has 0 amide bonds. The zero-order valence-corrected chi connectivity index (χ0v) is 14.5. The van der Waals surface area contributed by atoms with E-state index < -0.39 is 0 Å². The second-order valence-electron chi connectivity index (χ2n) is 5.41. The first-order valence-electron chi connectivity index (χ1n) is 8.13. The molecule has 0 spiro atoms. The fourth-order valence-electron chi connectivity index (χ4n) is 2.29. The minimum Gasteiger partial charge on any atom is -0.490 e. The van der Waals surface area contributed by atoms with Gasteiger partial charge in [0.2, 0.25) is 0 Å². The molecule has 0 aliphatic heterocycles. The molecule has 2 aromatic rings. The summed E-state index contributed by atoms with van der Waals surface area (Å²) in [5, 5.41) is 0. The molecule has 0 N–H and O–H groups in total. The molecule has 0 saturated heterocycles. The molecule has 0 unspecified atom stereocenters. The third kappa shape index (κ3) is 5.72. The van der Waals surface area contributed by atoms with Gasteiger partial charge in [-0.05, 0) is 38.1 Å². The molecule has 0 aliphatic rings. The molecule has 0 saturated carbocycles. The lowest BCUT2D eigenvalue weighted by Gasteiger charge is -2.11. The van der Waals surface area contributed by atoms with E-state index in [1.54, 1.807) is 36.4 Å². The Bertz CT molecular complexity index is 662. The van der Waals surface area contributed by atoms with Crippen LogP contribution in [0.5, 0.6) is 11.5 Å². The van der Waals surface area contributed by atoms with Crippen molar-refractivity contribution in [2.45, 2.75) is 13.8 Å². The van der Waals surface area contributed by atoms with Gasteiger partial charge >= 0.3 is 0 Å². The summed E-state index contributed by atoms with van der Waals surface area (Å²) in [5.41, 5.74) is 1.12. The van der Waals surface area contributed by atoms with Crippen LogP contribution in [0.2, 0.25) is 0 Å². The SMILES string of the molecule is CC(=O)c1ccccc1OCCOCCOc1ccccc1C(C)=O. The Labute approximate surface area is 147 Å². The summed E-state index contributed by atoms with van der Waals surface area (Å²) in [4.78, 5) is 23.0. The van der Waals surface area contributed by atoms with Crippen molar-refractivity contribution in [3.63, 3.8) is 0 Å². The molecule has 0 aliphatic carbocycles. The summed E-state index contributed by atoms with van der Waals surface area (Å²) in [6.07, 6.45) is 0. The number of ketones is 2. The van der Waals surface area contributed by atoms with Gasteiger partial charge in [0.25, 0.3) is 0 Å². The van der Waals surface area contributed by atoms with Crippen LogP contribution in [0.15, 0.2) is 48.5 Å². The van der Waals surface area contributed by atoms with Crippen LogP contribution in [0, 0.1) is 0 Å². The summed E-state index contributed by atoms with van der Waals surface area (Å²) in [6.45, 7) is 4.46. The Kier molecular flexibility index (Phi) is 7.16. The molecule has 0 bridgehead atoms. The highest BCUT2D eigenvalue weighted by molar-refractivity contribution is 5.97. The van der Waals surface area contributed by atoms with Crippen molar-refractivity contribution in [1.82, 2.24) is 0 Å². The van der Waals surface area contributed by atoms with Crippen LogP contribution >= 0.6 is 0 Å². The molecule has 0 fully saturated rings. The molecule has 2 aromatic carbocycles. The van der Waals surface area contributed by atoms with Crippen LogP contribution in [0.3, 0.4) is 0 Å². The highest BCUT2D eigenvalue weighted by Crippen LogP contribution is 2.19. The Balaban J connectivity index is 1.68. The number of hydrogen-bond donors (Lipinski definition) is 0. The second-order valence-corrected chi connectivity index (χ2v) is 5.41. The van der Waals surface area contributed by atoms with Crippen LogP contribution in [0.1, 0.15) is 34.6 Å². The summed E-state index contributed by atoms with van der Waals surface area (Å²) in [5.74, 6) is 1.05. The monoisotopic (exact) mass is 342 g/mol. The number of Topliss-reactive ketones (excluding diaryl/α,β-unsaturated/α-hetero) is 2. The molecular formula is C20H22O5. The number of hydrogen-bond acceptors (Lipinski definition) is 5. The summed E-state index contributed by atoms with van der Waals surface area (Å²) >= 11 is 0. The zero-order valence-electron chi connectivity index (χ0n) is 14.5. The fraction of sp³-hybridized carbons (Fsp3) is 0.300. The predicted octanol–water partition coefficient (Wildman–Crippen LogP) is 3.57. The van der Waals surface area contributed by atoms with E-state index in [1.165, 1.54) is 13.8 Å². The molecule has 2 rings (SSSR count). The standard InChI is InChI=1S/C20H22O5/c1-15(21)17-7-3-5-9-19(17)24-13-11-23-12-14-25-20-10-6-4-8-18(20)16(2)22/h3-10H,11-14H2,1-2H3. The molecule has 132 valence electrons. The van der Waals surface area contributed by atoms with Crippen LogP contribution in [0.4, 0.5) is 0 Å². The van der Waals surface area contributed by atoms with Crippen LogP contribution in [0.25, 0.3) is 0 Å². The molecule has 25 heavy (non-hydrogen) atoms. The van der Waals surface area contributed by atoms with Gasteiger partial charge in [0, 0.05) is 0 Å². The van der Waals surface area contributed by atoms with Crippen LogP contribution in [-0.4, -0.2) is 38.0 Å². The topological polar surface area (TPSA) is 61.8 Å². The van der Waals surface area contributed by atoms with Gasteiger partial charge in [0.15, 0.2) is 11.6 Å². The molecule has 0 radical (unpaired) electrons. The minimum atomic E-state index is -0.0333. The first kappa shape index (κ1) is 18.7. The lowest BCUT2D eigenvalue weighted by atomic mass is 10.1. The molecular weight excluding hydrogens is 320 g/mol. The van der Waals surface area contributed by atoms with E-state index in [0.717, 1.165) is 0 Å². The number of ether oxygens (including phenoxy) is 3. The van der Waals surface area contributed by atoms with Crippen LogP contribution < -0.4 is 9.47 Å². The van der Waals surface area contributed by atoms with Gasteiger partial charge in [-0.25, -0.2) is 0 Å². The number of rotatable bonds is 10. The van der Waals surface area contributed by atoms with E-state index >= 15 is 0 Å². The largest absolute Gasteiger partial charge is 0.490 e. The highest BCUT2D eigenvalue weighted by Gasteiger charge is 2.08. The van der Waals surface area contributed by atoms with E-state index in [9.17, 15) is 9.59 Å². The Morgan fingerprint density at radius 3 is 1.48 bits per heavy atom. The maximum atomic E-state index is 11.5. The van der Waals surface area contributed by atoms with Crippen molar-refractivity contribution in [1.29, 1.82) is 0 Å². The number of benzene rings is 2. The van der Waals surface area contributed by atoms with Crippen molar-refractivity contribution in [3.05, 3.63) is 59.7 Å². The van der Waals surface area contributed by atoms with Gasteiger partial charge in [0.05, 0.1) is 24.3 Å². The number of carbonyl (C=O) groups excluding carboxylic acids is 2. The average Bonchev–Trinajstić information content (AvgIpc) is 2.61.